The van der Waals surface area contributed by atoms with Gasteiger partial charge < -0.3 is 4.74 Å². The largest absolute Gasteiger partial charge is 0.489 e. The lowest BCUT2D eigenvalue weighted by Crippen LogP contribution is -2.49. The minimum atomic E-state index is -3.94. The minimum Gasteiger partial charge on any atom is -0.489 e. The molecule has 3 fully saturated rings. The van der Waals surface area contributed by atoms with E-state index in [4.69, 9.17) is 4.74 Å². The summed E-state index contributed by atoms with van der Waals surface area (Å²) in [5.41, 5.74) is 1.77. The van der Waals surface area contributed by atoms with Crippen molar-refractivity contribution in [3.8, 4) is 5.75 Å². The van der Waals surface area contributed by atoms with Crippen molar-refractivity contribution in [1.82, 2.24) is 13.9 Å². The fourth-order valence-electron chi connectivity index (χ4n) is 4.38. The Kier molecular flexibility index (Phi) is 6.11. The maximum Gasteiger partial charge on any atom is 0.304 e. The van der Waals surface area contributed by atoms with Crippen LogP contribution in [0.5, 0.6) is 5.75 Å². The van der Waals surface area contributed by atoms with Crippen molar-refractivity contribution in [1.29, 1.82) is 0 Å². The molecular formula is C24H28FN3O4S. The number of nitrogens with zero attached hydrogens (tertiary/aromatic N) is 2. The SMILES string of the molecule is O=C(NS(=O)(=O)N1CCC1)c1cc(C2CC2)c(OC2CCN(Cc3ccccc3)C2)cc1F. The molecule has 1 amide bonds. The van der Waals surface area contributed by atoms with Gasteiger partial charge in [-0.15, -0.1) is 0 Å². The van der Waals surface area contributed by atoms with Gasteiger partial charge in [0.1, 0.15) is 17.7 Å². The van der Waals surface area contributed by atoms with E-state index in [2.05, 4.69) is 17.0 Å². The van der Waals surface area contributed by atoms with E-state index < -0.39 is 21.9 Å². The monoisotopic (exact) mass is 473 g/mol. The molecule has 5 rings (SSSR count). The van der Waals surface area contributed by atoms with Gasteiger partial charge in [-0.1, -0.05) is 30.3 Å². The predicted octanol–water partition coefficient (Wildman–Crippen LogP) is 3.04. The molecule has 33 heavy (non-hydrogen) atoms. The lowest BCUT2D eigenvalue weighted by atomic mass is 10.0. The second-order valence-electron chi connectivity index (χ2n) is 9.08. The molecule has 1 unspecified atom stereocenters. The molecule has 2 saturated heterocycles. The highest BCUT2D eigenvalue weighted by Gasteiger charge is 2.34. The van der Waals surface area contributed by atoms with Crippen LogP contribution in [0.1, 0.15) is 53.1 Å². The summed E-state index contributed by atoms with van der Waals surface area (Å²) in [4.78, 5) is 14.9. The third kappa shape index (κ3) is 5.05. The first-order valence-electron chi connectivity index (χ1n) is 11.5. The number of ether oxygens (including phenoxy) is 1. The Balaban J connectivity index is 1.28. The van der Waals surface area contributed by atoms with Crippen molar-refractivity contribution in [2.45, 2.75) is 44.2 Å². The van der Waals surface area contributed by atoms with Crippen LogP contribution in [0.4, 0.5) is 4.39 Å². The quantitative estimate of drug-likeness (QED) is 0.638. The molecule has 1 saturated carbocycles. The van der Waals surface area contributed by atoms with E-state index in [1.54, 1.807) is 0 Å². The van der Waals surface area contributed by atoms with Crippen molar-refractivity contribution in [2.75, 3.05) is 26.2 Å². The van der Waals surface area contributed by atoms with Crippen LogP contribution < -0.4 is 9.46 Å². The van der Waals surface area contributed by atoms with Gasteiger partial charge in [0.2, 0.25) is 0 Å². The molecule has 176 valence electrons. The van der Waals surface area contributed by atoms with Crippen molar-refractivity contribution >= 4 is 16.1 Å². The first-order chi connectivity index (χ1) is 15.9. The zero-order valence-corrected chi connectivity index (χ0v) is 19.2. The molecule has 0 spiro atoms. The van der Waals surface area contributed by atoms with Gasteiger partial charge in [-0.3, -0.25) is 9.69 Å². The van der Waals surface area contributed by atoms with Crippen LogP contribution in [0.3, 0.4) is 0 Å². The molecule has 0 bridgehead atoms. The number of hydrogen-bond donors (Lipinski definition) is 1. The number of rotatable bonds is 8. The first-order valence-corrected chi connectivity index (χ1v) is 12.9. The number of nitrogens with one attached hydrogen (secondary N) is 1. The van der Waals surface area contributed by atoms with E-state index in [-0.39, 0.29) is 17.6 Å². The van der Waals surface area contributed by atoms with Crippen LogP contribution >= 0.6 is 0 Å². The van der Waals surface area contributed by atoms with Gasteiger partial charge in [0.15, 0.2) is 0 Å². The maximum absolute atomic E-state index is 14.9. The highest BCUT2D eigenvalue weighted by atomic mass is 32.2. The van der Waals surface area contributed by atoms with E-state index in [0.29, 0.717) is 18.8 Å². The molecule has 0 radical (unpaired) electrons. The summed E-state index contributed by atoms with van der Waals surface area (Å²) in [7, 11) is -3.94. The summed E-state index contributed by atoms with van der Waals surface area (Å²) >= 11 is 0. The molecule has 7 nitrogen and oxygen atoms in total. The van der Waals surface area contributed by atoms with Crippen LogP contribution in [0, 0.1) is 5.82 Å². The second-order valence-corrected chi connectivity index (χ2v) is 10.8. The van der Waals surface area contributed by atoms with Crippen LogP contribution in [0.25, 0.3) is 0 Å². The Hall–Kier alpha value is -2.49. The summed E-state index contributed by atoms with van der Waals surface area (Å²) in [6.45, 7) is 3.23. The Morgan fingerprint density at radius 3 is 2.52 bits per heavy atom. The van der Waals surface area contributed by atoms with E-state index in [0.717, 1.165) is 50.9 Å². The molecule has 1 atom stereocenters. The Labute approximate surface area is 193 Å². The predicted molar refractivity (Wildman–Crippen MR) is 122 cm³/mol. The lowest BCUT2D eigenvalue weighted by molar-refractivity contribution is 0.0973. The smallest absolute Gasteiger partial charge is 0.304 e. The number of carbonyl (C=O) groups excluding carboxylic acids is 1. The van der Waals surface area contributed by atoms with Crippen molar-refractivity contribution in [3.05, 3.63) is 65.0 Å². The second kappa shape index (κ2) is 9.04. The van der Waals surface area contributed by atoms with Gasteiger partial charge in [-0.25, -0.2) is 9.11 Å². The molecule has 3 aliphatic rings. The molecule has 9 heteroatoms. The summed E-state index contributed by atoms with van der Waals surface area (Å²) in [6.07, 6.45) is 3.43. The number of benzene rings is 2. The molecule has 1 aliphatic carbocycles. The number of amides is 1. The number of halogens is 1. The average molecular weight is 474 g/mol. The van der Waals surface area contributed by atoms with E-state index in [1.807, 2.05) is 22.9 Å². The number of hydrogen-bond acceptors (Lipinski definition) is 5. The fraction of sp³-hybridized carbons (Fsp3) is 0.458. The lowest BCUT2D eigenvalue weighted by Gasteiger charge is -2.29. The summed E-state index contributed by atoms with van der Waals surface area (Å²) in [6, 6.07) is 13.0. The van der Waals surface area contributed by atoms with Gasteiger partial charge >= 0.3 is 10.2 Å². The highest BCUT2D eigenvalue weighted by Crippen LogP contribution is 2.45. The molecule has 1 N–H and O–H groups in total. The zero-order chi connectivity index (χ0) is 23.0. The fourth-order valence-corrected chi connectivity index (χ4v) is 5.60. The molecular weight excluding hydrogens is 445 g/mol. The first kappa shape index (κ1) is 22.3. The highest BCUT2D eigenvalue weighted by molar-refractivity contribution is 7.87. The van der Waals surface area contributed by atoms with E-state index in [9.17, 15) is 17.6 Å². The maximum atomic E-state index is 14.9. The van der Waals surface area contributed by atoms with Gasteiger partial charge in [0.05, 0.1) is 5.56 Å². The summed E-state index contributed by atoms with van der Waals surface area (Å²) in [5, 5.41) is 0. The zero-order valence-electron chi connectivity index (χ0n) is 18.4. The normalized spacial score (nSPS) is 21.5. The Morgan fingerprint density at radius 1 is 1.09 bits per heavy atom. The van der Waals surface area contributed by atoms with Gasteiger partial charge in [-0.2, -0.15) is 12.7 Å². The molecule has 2 aromatic rings. The molecule has 2 heterocycles. The van der Waals surface area contributed by atoms with E-state index >= 15 is 0 Å². The Bertz CT molecular complexity index is 1130. The third-order valence-electron chi connectivity index (χ3n) is 6.51. The van der Waals surface area contributed by atoms with E-state index in [1.165, 1.54) is 22.0 Å². The standard InChI is InChI=1S/C24H28FN3O4S/c25-22-14-23(32-19-9-12-27(16-19)15-17-5-2-1-3-6-17)20(18-7-8-18)13-21(22)24(29)26-33(30,31)28-10-4-11-28/h1-3,5-6,13-14,18-19H,4,7-12,15-16H2,(H,26,29). The van der Waals surface area contributed by atoms with Crippen molar-refractivity contribution in [2.24, 2.45) is 0 Å². The van der Waals surface area contributed by atoms with Gasteiger partial charge in [0.25, 0.3) is 5.91 Å². The van der Waals surface area contributed by atoms with Crippen LogP contribution in [-0.2, 0) is 16.8 Å². The van der Waals surface area contributed by atoms with Crippen LogP contribution in [-0.4, -0.2) is 55.8 Å². The van der Waals surface area contributed by atoms with Gasteiger partial charge in [-0.05, 0) is 48.8 Å². The van der Waals surface area contributed by atoms with Crippen LogP contribution in [0.2, 0.25) is 0 Å². The topological polar surface area (TPSA) is 79.0 Å². The molecule has 2 aromatic carbocycles. The average Bonchev–Trinajstić information content (AvgIpc) is 3.47. The van der Waals surface area contributed by atoms with Crippen LogP contribution in [0.15, 0.2) is 42.5 Å². The molecule has 0 aromatic heterocycles. The van der Waals surface area contributed by atoms with Gasteiger partial charge in [0, 0.05) is 38.8 Å². The van der Waals surface area contributed by atoms with Crippen molar-refractivity contribution < 1.29 is 22.3 Å². The number of likely N-dealkylation sites (tertiary alicyclic amines) is 1. The third-order valence-corrected chi connectivity index (χ3v) is 8.00. The summed E-state index contributed by atoms with van der Waals surface area (Å²) in [5.74, 6) is -1.04. The summed E-state index contributed by atoms with van der Waals surface area (Å²) < 4.78 is 48.8. The Morgan fingerprint density at radius 2 is 1.85 bits per heavy atom. The number of carbonyl (C=O) groups is 1. The molecule has 2 aliphatic heterocycles. The minimum absolute atomic E-state index is 0.0583. The van der Waals surface area contributed by atoms with Crippen molar-refractivity contribution in [3.63, 3.8) is 0 Å².